The highest BCUT2D eigenvalue weighted by Gasteiger charge is 2.14. The number of anilines is 3. The van der Waals surface area contributed by atoms with Gasteiger partial charge in [-0.2, -0.15) is 0 Å². The molecule has 0 unspecified atom stereocenters. The minimum absolute atomic E-state index is 0.0366. The number of phenols is 1. The monoisotopic (exact) mass is 527 g/mol. The zero-order chi connectivity index (χ0) is 27.5. The summed E-state index contributed by atoms with van der Waals surface area (Å²) in [5.74, 6) is 0.851. The Bertz CT molecular complexity index is 1210. The molecule has 0 aliphatic carbocycles. The number of rotatable bonds is 8. The number of hydrogen-bond acceptors (Lipinski definition) is 5. The highest BCUT2D eigenvalue weighted by molar-refractivity contribution is 7.92. The Morgan fingerprint density at radius 1 is 0.838 bits per heavy atom. The lowest BCUT2D eigenvalue weighted by Crippen LogP contribution is -2.20. The van der Waals surface area contributed by atoms with Gasteiger partial charge in [0, 0.05) is 23.7 Å². The van der Waals surface area contributed by atoms with Crippen molar-refractivity contribution in [1.82, 2.24) is 0 Å². The molecule has 3 aromatic carbocycles. The SMILES string of the molecule is CC(C)CCOC(C)(C)C.O=C(Nc1ccc(O)cc1)Nc1ccc(S(=O)(=O)Nc2ccccc2)cc1. The van der Waals surface area contributed by atoms with Crippen LogP contribution in [0, 0.1) is 5.92 Å². The zero-order valence-corrected chi connectivity index (χ0v) is 22.8. The van der Waals surface area contributed by atoms with E-state index in [0.717, 1.165) is 18.9 Å². The molecule has 8 nitrogen and oxygen atoms in total. The maximum Gasteiger partial charge on any atom is 0.323 e. The van der Waals surface area contributed by atoms with E-state index in [1.165, 1.54) is 36.4 Å². The van der Waals surface area contributed by atoms with Gasteiger partial charge in [-0.25, -0.2) is 13.2 Å². The Hall–Kier alpha value is -3.56. The number of nitrogens with one attached hydrogen (secondary N) is 3. The second-order valence-electron chi connectivity index (χ2n) is 9.77. The van der Waals surface area contributed by atoms with E-state index in [1.54, 1.807) is 42.5 Å². The number of phenolic OH excluding ortho intramolecular Hbond substituents is 1. The number of benzene rings is 3. The number of carbonyl (C=O) groups is 1. The maximum atomic E-state index is 12.4. The molecule has 0 saturated heterocycles. The summed E-state index contributed by atoms with van der Waals surface area (Å²) in [4.78, 5) is 12.1. The van der Waals surface area contributed by atoms with Crippen LogP contribution in [-0.2, 0) is 14.8 Å². The van der Waals surface area contributed by atoms with Gasteiger partial charge >= 0.3 is 6.03 Å². The number of ether oxygens (including phenoxy) is 1. The van der Waals surface area contributed by atoms with Crippen LogP contribution in [-0.4, -0.2) is 31.8 Å². The number of aromatic hydroxyl groups is 1. The highest BCUT2D eigenvalue weighted by atomic mass is 32.2. The fourth-order valence-electron chi connectivity index (χ4n) is 2.88. The first-order chi connectivity index (χ1) is 17.3. The molecule has 3 rings (SSSR count). The summed E-state index contributed by atoms with van der Waals surface area (Å²) in [7, 11) is -3.71. The van der Waals surface area contributed by atoms with Gasteiger partial charge in [-0.3, -0.25) is 4.72 Å². The summed E-state index contributed by atoms with van der Waals surface area (Å²) in [6, 6.07) is 19.9. The van der Waals surface area contributed by atoms with Crippen LogP contribution >= 0.6 is 0 Å². The molecule has 0 bridgehead atoms. The summed E-state index contributed by atoms with van der Waals surface area (Å²) in [5.41, 5.74) is 1.45. The average Bonchev–Trinajstić information content (AvgIpc) is 2.81. The molecule has 4 N–H and O–H groups in total. The molecule has 3 aromatic rings. The lowest BCUT2D eigenvalue weighted by molar-refractivity contribution is -0.00775. The summed E-state index contributed by atoms with van der Waals surface area (Å²) in [6.45, 7) is 11.6. The number of sulfonamides is 1. The molecule has 0 radical (unpaired) electrons. The summed E-state index contributed by atoms with van der Waals surface area (Å²) < 4.78 is 32.8. The van der Waals surface area contributed by atoms with Crippen molar-refractivity contribution in [2.75, 3.05) is 22.0 Å². The number of carbonyl (C=O) groups excluding carboxylic acids is 1. The Morgan fingerprint density at radius 2 is 1.35 bits per heavy atom. The molecule has 0 aromatic heterocycles. The smallest absolute Gasteiger partial charge is 0.323 e. The molecule has 0 spiro atoms. The lowest BCUT2D eigenvalue weighted by atomic mass is 10.1. The molecule has 0 fully saturated rings. The van der Waals surface area contributed by atoms with Crippen LogP contribution in [0.5, 0.6) is 5.75 Å². The molecule has 2 amide bonds. The van der Waals surface area contributed by atoms with Gasteiger partial charge in [0.2, 0.25) is 0 Å². The van der Waals surface area contributed by atoms with Gasteiger partial charge in [0.15, 0.2) is 0 Å². The molecular formula is C28H37N3O5S. The average molecular weight is 528 g/mol. The lowest BCUT2D eigenvalue weighted by Gasteiger charge is -2.19. The third kappa shape index (κ3) is 11.8. The number of urea groups is 1. The molecule has 9 heteroatoms. The van der Waals surface area contributed by atoms with Crippen molar-refractivity contribution in [3.63, 3.8) is 0 Å². The van der Waals surface area contributed by atoms with Gasteiger partial charge in [0.05, 0.1) is 10.5 Å². The molecular weight excluding hydrogens is 490 g/mol. The van der Waals surface area contributed by atoms with Crippen molar-refractivity contribution >= 4 is 33.1 Å². The van der Waals surface area contributed by atoms with Crippen molar-refractivity contribution in [3.8, 4) is 5.75 Å². The predicted molar refractivity (Wildman–Crippen MR) is 150 cm³/mol. The van der Waals surface area contributed by atoms with E-state index >= 15 is 0 Å². The quantitative estimate of drug-likeness (QED) is 0.244. The second kappa shape index (κ2) is 13.7. The number of amides is 2. The third-order valence-corrected chi connectivity index (χ3v) is 6.20. The van der Waals surface area contributed by atoms with E-state index in [-0.39, 0.29) is 16.2 Å². The van der Waals surface area contributed by atoms with E-state index in [0.29, 0.717) is 17.1 Å². The Kier molecular flexibility index (Phi) is 11.0. The minimum atomic E-state index is -3.71. The van der Waals surface area contributed by atoms with E-state index in [1.807, 2.05) is 0 Å². The Labute approximate surface area is 220 Å². The maximum absolute atomic E-state index is 12.4. The van der Waals surface area contributed by atoms with E-state index in [2.05, 4.69) is 50.0 Å². The van der Waals surface area contributed by atoms with Crippen molar-refractivity contribution in [3.05, 3.63) is 78.9 Å². The van der Waals surface area contributed by atoms with Crippen molar-refractivity contribution in [2.45, 2.75) is 51.5 Å². The molecule has 0 heterocycles. The van der Waals surface area contributed by atoms with Crippen LogP contribution < -0.4 is 15.4 Å². The van der Waals surface area contributed by atoms with Crippen molar-refractivity contribution in [1.29, 1.82) is 0 Å². The number of hydrogen-bond donors (Lipinski definition) is 4. The first-order valence-electron chi connectivity index (χ1n) is 12.0. The molecule has 0 aliphatic heterocycles. The fourth-order valence-corrected chi connectivity index (χ4v) is 3.94. The molecule has 37 heavy (non-hydrogen) atoms. The summed E-state index contributed by atoms with van der Waals surface area (Å²) >= 11 is 0. The number of para-hydroxylation sites is 1. The largest absolute Gasteiger partial charge is 0.508 e. The van der Waals surface area contributed by atoms with Gasteiger partial charge in [0.1, 0.15) is 5.75 Å². The zero-order valence-electron chi connectivity index (χ0n) is 22.0. The molecule has 0 saturated carbocycles. The Balaban J connectivity index is 0.000000410. The highest BCUT2D eigenvalue weighted by Crippen LogP contribution is 2.19. The van der Waals surface area contributed by atoms with E-state index < -0.39 is 16.1 Å². The third-order valence-electron chi connectivity index (χ3n) is 4.80. The van der Waals surface area contributed by atoms with Gasteiger partial charge in [0.25, 0.3) is 10.0 Å². The van der Waals surface area contributed by atoms with Crippen molar-refractivity contribution in [2.24, 2.45) is 5.92 Å². The van der Waals surface area contributed by atoms with Crippen LogP contribution in [0.4, 0.5) is 21.9 Å². The van der Waals surface area contributed by atoms with Gasteiger partial charge in [-0.15, -0.1) is 0 Å². The summed E-state index contributed by atoms with van der Waals surface area (Å²) in [6.07, 6.45) is 1.16. The van der Waals surface area contributed by atoms with Gasteiger partial charge < -0.3 is 20.5 Å². The van der Waals surface area contributed by atoms with Crippen LogP contribution in [0.15, 0.2) is 83.8 Å². The van der Waals surface area contributed by atoms with Gasteiger partial charge in [-0.05, 0) is 93.8 Å². The van der Waals surface area contributed by atoms with Crippen LogP contribution in [0.2, 0.25) is 0 Å². The van der Waals surface area contributed by atoms with E-state index in [4.69, 9.17) is 4.74 Å². The molecule has 0 aliphatic rings. The molecule has 200 valence electrons. The van der Waals surface area contributed by atoms with Gasteiger partial charge in [-0.1, -0.05) is 32.0 Å². The summed E-state index contributed by atoms with van der Waals surface area (Å²) in [5, 5.41) is 14.4. The molecule has 0 atom stereocenters. The van der Waals surface area contributed by atoms with Crippen LogP contribution in [0.3, 0.4) is 0 Å². The van der Waals surface area contributed by atoms with Crippen LogP contribution in [0.25, 0.3) is 0 Å². The second-order valence-corrected chi connectivity index (χ2v) is 11.4. The standard InChI is InChI=1S/C19H17N3O4S.C9H20O/c23-17-10-6-14(7-11-17)20-19(24)21-15-8-12-18(13-9-15)27(25,26)22-16-4-2-1-3-5-16;1-8(2)6-7-10-9(3,4)5/h1-13,22-23H,(H2,20,21,24);8H,6-7H2,1-5H3. The fraction of sp³-hybridized carbons (Fsp3) is 0.321. The van der Waals surface area contributed by atoms with E-state index in [9.17, 15) is 18.3 Å². The van der Waals surface area contributed by atoms with Crippen LogP contribution in [0.1, 0.15) is 41.0 Å². The minimum Gasteiger partial charge on any atom is -0.508 e. The predicted octanol–water partition coefficient (Wildman–Crippen LogP) is 6.68. The first kappa shape index (κ1) is 29.7. The van der Waals surface area contributed by atoms with Crippen molar-refractivity contribution < 1.29 is 23.1 Å². The normalized spacial score (nSPS) is 11.3. The Morgan fingerprint density at radius 3 is 1.84 bits per heavy atom. The first-order valence-corrected chi connectivity index (χ1v) is 13.5. The topological polar surface area (TPSA) is 117 Å².